The Bertz CT molecular complexity index is 354. The van der Waals surface area contributed by atoms with Gasteiger partial charge < -0.3 is 9.47 Å². The van der Waals surface area contributed by atoms with Gasteiger partial charge in [-0.05, 0) is 24.0 Å². The summed E-state index contributed by atoms with van der Waals surface area (Å²) in [5.74, 6) is 2.68. The van der Waals surface area contributed by atoms with Gasteiger partial charge in [0.05, 0.1) is 14.2 Å². The predicted molar refractivity (Wildman–Crippen MR) is 69.8 cm³/mol. The summed E-state index contributed by atoms with van der Waals surface area (Å²) in [5, 5.41) is 0. The number of hydrogen-bond donors (Lipinski definition) is 0. The summed E-state index contributed by atoms with van der Waals surface area (Å²) in [7, 11) is 3.43. The first-order chi connectivity index (χ1) is 8.33. The van der Waals surface area contributed by atoms with Crippen LogP contribution in [0.2, 0.25) is 0 Å². The zero-order chi connectivity index (χ0) is 12.1. The largest absolute Gasteiger partial charge is 0.497 e. The molecule has 1 fully saturated rings. The Morgan fingerprint density at radius 2 is 1.82 bits per heavy atom. The molecular formula is C15H22O2. The second kappa shape index (κ2) is 5.95. The molecule has 2 nitrogen and oxygen atoms in total. The van der Waals surface area contributed by atoms with Gasteiger partial charge in [-0.3, -0.25) is 0 Å². The number of hydrogen-bond acceptors (Lipinski definition) is 2. The predicted octanol–water partition coefficient (Wildman–Crippen LogP) is 3.83. The van der Waals surface area contributed by atoms with Gasteiger partial charge in [0.1, 0.15) is 11.5 Å². The van der Waals surface area contributed by atoms with Crippen LogP contribution in [0.3, 0.4) is 0 Å². The molecule has 17 heavy (non-hydrogen) atoms. The van der Waals surface area contributed by atoms with Crippen molar-refractivity contribution in [2.75, 3.05) is 14.2 Å². The van der Waals surface area contributed by atoms with Crippen molar-refractivity contribution in [3.63, 3.8) is 0 Å². The summed E-state index contributed by atoms with van der Waals surface area (Å²) in [6, 6.07) is 6.16. The van der Waals surface area contributed by atoms with Gasteiger partial charge in [-0.15, -0.1) is 0 Å². The van der Waals surface area contributed by atoms with Crippen LogP contribution in [-0.4, -0.2) is 14.2 Å². The van der Waals surface area contributed by atoms with Crippen LogP contribution in [0.4, 0.5) is 0 Å². The minimum absolute atomic E-state index is 0.839. The standard InChI is InChI=1S/C15H22O2/c1-16-14-9-8-13(15(11-14)17-2)10-12-6-4-3-5-7-12/h8-9,11-12H,3-7,10H2,1-2H3. The third kappa shape index (κ3) is 3.15. The Labute approximate surface area is 104 Å². The third-order valence-electron chi connectivity index (χ3n) is 3.73. The van der Waals surface area contributed by atoms with Crippen molar-refractivity contribution in [1.29, 1.82) is 0 Å². The number of ether oxygens (including phenoxy) is 2. The van der Waals surface area contributed by atoms with Crippen molar-refractivity contribution in [3.8, 4) is 11.5 Å². The maximum atomic E-state index is 5.45. The van der Waals surface area contributed by atoms with Crippen LogP contribution in [-0.2, 0) is 6.42 Å². The number of rotatable bonds is 4. The van der Waals surface area contributed by atoms with Crippen molar-refractivity contribution in [2.24, 2.45) is 5.92 Å². The van der Waals surface area contributed by atoms with E-state index in [1.54, 1.807) is 14.2 Å². The normalized spacial score (nSPS) is 16.8. The van der Waals surface area contributed by atoms with Gasteiger partial charge in [0, 0.05) is 6.07 Å². The van der Waals surface area contributed by atoms with Crippen LogP contribution in [0.15, 0.2) is 18.2 Å². The molecule has 0 aliphatic heterocycles. The van der Waals surface area contributed by atoms with Gasteiger partial charge in [-0.1, -0.05) is 38.2 Å². The Balaban J connectivity index is 2.08. The Hall–Kier alpha value is -1.18. The molecule has 1 aliphatic rings. The summed E-state index contributed by atoms with van der Waals surface area (Å²) < 4.78 is 10.7. The van der Waals surface area contributed by atoms with Crippen molar-refractivity contribution < 1.29 is 9.47 Å². The molecule has 1 aliphatic carbocycles. The molecule has 1 aromatic rings. The van der Waals surface area contributed by atoms with E-state index in [1.165, 1.54) is 37.7 Å². The highest BCUT2D eigenvalue weighted by molar-refractivity contribution is 5.41. The lowest BCUT2D eigenvalue weighted by Gasteiger charge is -2.22. The summed E-state index contributed by atoms with van der Waals surface area (Å²) in [4.78, 5) is 0. The fourth-order valence-corrected chi connectivity index (χ4v) is 2.72. The Morgan fingerprint density at radius 1 is 1.06 bits per heavy atom. The van der Waals surface area contributed by atoms with Crippen LogP contribution in [0.1, 0.15) is 37.7 Å². The summed E-state index contributed by atoms with van der Waals surface area (Å²) in [5.41, 5.74) is 1.32. The average molecular weight is 234 g/mol. The zero-order valence-corrected chi connectivity index (χ0v) is 10.9. The minimum atomic E-state index is 0.839. The van der Waals surface area contributed by atoms with Gasteiger partial charge in [0.2, 0.25) is 0 Å². The molecule has 1 saturated carbocycles. The quantitative estimate of drug-likeness (QED) is 0.788. The SMILES string of the molecule is COc1ccc(CC2CCCCC2)c(OC)c1. The maximum absolute atomic E-state index is 5.45. The summed E-state index contributed by atoms with van der Waals surface area (Å²) >= 11 is 0. The monoisotopic (exact) mass is 234 g/mol. The van der Waals surface area contributed by atoms with Crippen LogP contribution in [0.25, 0.3) is 0 Å². The fourth-order valence-electron chi connectivity index (χ4n) is 2.72. The molecule has 0 atom stereocenters. The van der Waals surface area contributed by atoms with Crippen molar-refractivity contribution >= 4 is 0 Å². The zero-order valence-electron chi connectivity index (χ0n) is 10.9. The van der Waals surface area contributed by atoms with Gasteiger partial charge in [-0.25, -0.2) is 0 Å². The second-order valence-electron chi connectivity index (χ2n) is 4.89. The molecule has 0 unspecified atom stereocenters. The summed E-state index contributed by atoms with van der Waals surface area (Å²) in [6.07, 6.45) is 8.08. The summed E-state index contributed by atoms with van der Waals surface area (Å²) in [6.45, 7) is 0. The number of benzene rings is 1. The van der Waals surface area contributed by atoms with Crippen molar-refractivity contribution in [3.05, 3.63) is 23.8 Å². The molecule has 0 saturated heterocycles. The lowest BCUT2D eigenvalue weighted by molar-refractivity contribution is 0.346. The molecule has 0 heterocycles. The van der Waals surface area contributed by atoms with Crippen LogP contribution in [0, 0.1) is 5.92 Å². The molecular weight excluding hydrogens is 212 g/mol. The highest BCUT2D eigenvalue weighted by atomic mass is 16.5. The molecule has 1 aromatic carbocycles. The third-order valence-corrected chi connectivity index (χ3v) is 3.73. The minimum Gasteiger partial charge on any atom is -0.497 e. The van der Waals surface area contributed by atoms with E-state index in [-0.39, 0.29) is 0 Å². The molecule has 2 heteroatoms. The smallest absolute Gasteiger partial charge is 0.125 e. The molecule has 2 rings (SSSR count). The van der Waals surface area contributed by atoms with Crippen LogP contribution in [0.5, 0.6) is 11.5 Å². The lowest BCUT2D eigenvalue weighted by atomic mass is 9.84. The maximum Gasteiger partial charge on any atom is 0.125 e. The van der Waals surface area contributed by atoms with E-state index in [2.05, 4.69) is 6.07 Å². The second-order valence-corrected chi connectivity index (χ2v) is 4.89. The van der Waals surface area contributed by atoms with E-state index in [0.717, 1.165) is 23.8 Å². The van der Waals surface area contributed by atoms with Crippen molar-refractivity contribution in [2.45, 2.75) is 38.5 Å². The van der Waals surface area contributed by atoms with E-state index in [4.69, 9.17) is 9.47 Å². The van der Waals surface area contributed by atoms with E-state index >= 15 is 0 Å². The highest BCUT2D eigenvalue weighted by Crippen LogP contribution is 2.31. The Morgan fingerprint density at radius 3 is 2.47 bits per heavy atom. The van der Waals surface area contributed by atoms with E-state index < -0.39 is 0 Å². The first-order valence-electron chi connectivity index (χ1n) is 6.54. The first-order valence-corrected chi connectivity index (χ1v) is 6.54. The fraction of sp³-hybridized carbons (Fsp3) is 0.600. The molecule has 0 spiro atoms. The van der Waals surface area contributed by atoms with Crippen molar-refractivity contribution in [1.82, 2.24) is 0 Å². The molecule has 0 N–H and O–H groups in total. The van der Waals surface area contributed by atoms with E-state index in [9.17, 15) is 0 Å². The molecule has 0 aromatic heterocycles. The van der Waals surface area contributed by atoms with Gasteiger partial charge in [0.25, 0.3) is 0 Å². The topological polar surface area (TPSA) is 18.5 Å². The van der Waals surface area contributed by atoms with Crippen LogP contribution >= 0.6 is 0 Å². The molecule has 0 radical (unpaired) electrons. The first kappa shape index (κ1) is 12.3. The van der Waals surface area contributed by atoms with Gasteiger partial charge in [-0.2, -0.15) is 0 Å². The molecule has 94 valence electrons. The Kier molecular flexibility index (Phi) is 4.29. The molecule has 0 amide bonds. The average Bonchev–Trinajstić information content (AvgIpc) is 2.40. The number of methoxy groups -OCH3 is 2. The van der Waals surface area contributed by atoms with E-state index in [1.807, 2.05) is 12.1 Å². The van der Waals surface area contributed by atoms with Crippen LogP contribution < -0.4 is 9.47 Å². The van der Waals surface area contributed by atoms with E-state index in [0.29, 0.717) is 0 Å². The molecule has 0 bridgehead atoms. The lowest BCUT2D eigenvalue weighted by Crippen LogP contribution is -2.10. The van der Waals surface area contributed by atoms with Gasteiger partial charge in [0.15, 0.2) is 0 Å². The highest BCUT2D eigenvalue weighted by Gasteiger charge is 2.16. The van der Waals surface area contributed by atoms with Gasteiger partial charge >= 0.3 is 0 Å².